The van der Waals surface area contributed by atoms with Crippen molar-refractivity contribution in [2.75, 3.05) is 18.5 Å². The first kappa shape index (κ1) is 13.3. The SMILES string of the molecule is Cc1cc(NCCCO)c2cc(C(=O)O)ccc2n1. The highest BCUT2D eigenvalue weighted by Gasteiger charge is 2.08. The van der Waals surface area contributed by atoms with Crippen LogP contribution >= 0.6 is 0 Å². The zero-order chi connectivity index (χ0) is 13.8. The van der Waals surface area contributed by atoms with Crippen molar-refractivity contribution < 1.29 is 15.0 Å². The Labute approximate surface area is 110 Å². The normalized spacial score (nSPS) is 10.6. The number of anilines is 1. The summed E-state index contributed by atoms with van der Waals surface area (Å²) in [7, 11) is 0. The monoisotopic (exact) mass is 260 g/mol. The second kappa shape index (κ2) is 5.67. The van der Waals surface area contributed by atoms with E-state index in [1.54, 1.807) is 18.2 Å². The van der Waals surface area contributed by atoms with E-state index in [1.165, 1.54) is 0 Å². The summed E-state index contributed by atoms with van der Waals surface area (Å²) in [6, 6.07) is 6.76. The van der Waals surface area contributed by atoms with Gasteiger partial charge in [-0.1, -0.05) is 0 Å². The zero-order valence-corrected chi connectivity index (χ0v) is 10.7. The van der Waals surface area contributed by atoms with Crippen molar-refractivity contribution in [3.05, 3.63) is 35.5 Å². The lowest BCUT2D eigenvalue weighted by Gasteiger charge is -2.10. The van der Waals surface area contributed by atoms with E-state index >= 15 is 0 Å². The van der Waals surface area contributed by atoms with Crippen LogP contribution in [0.25, 0.3) is 10.9 Å². The van der Waals surface area contributed by atoms with Crippen LogP contribution in [0.15, 0.2) is 24.3 Å². The molecule has 3 N–H and O–H groups in total. The Morgan fingerprint density at radius 1 is 1.37 bits per heavy atom. The van der Waals surface area contributed by atoms with E-state index in [0.717, 1.165) is 22.3 Å². The second-order valence-electron chi connectivity index (χ2n) is 4.35. The molecule has 2 rings (SSSR count). The van der Waals surface area contributed by atoms with Gasteiger partial charge in [0.15, 0.2) is 0 Å². The highest BCUT2D eigenvalue weighted by Crippen LogP contribution is 2.24. The third-order valence-corrected chi connectivity index (χ3v) is 2.83. The molecule has 1 heterocycles. The molecule has 1 aromatic heterocycles. The molecule has 0 aliphatic rings. The third kappa shape index (κ3) is 3.00. The summed E-state index contributed by atoms with van der Waals surface area (Å²) in [5.74, 6) is -0.955. The number of carbonyl (C=O) groups is 1. The molecule has 0 bridgehead atoms. The largest absolute Gasteiger partial charge is 0.478 e. The average Bonchev–Trinajstić information content (AvgIpc) is 2.38. The van der Waals surface area contributed by atoms with E-state index in [-0.39, 0.29) is 12.2 Å². The van der Waals surface area contributed by atoms with Crippen LogP contribution < -0.4 is 5.32 Å². The Balaban J connectivity index is 2.46. The first-order valence-electron chi connectivity index (χ1n) is 6.11. The van der Waals surface area contributed by atoms with Gasteiger partial charge >= 0.3 is 5.97 Å². The summed E-state index contributed by atoms with van der Waals surface area (Å²) in [6.45, 7) is 2.64. The summed E-state index contributed by atoms with van der Waals surface area (Å²) >= 11 is 0. The highest BCUT2D eigenvalue weighted by molar-refractivity contribution is 5.98. The molecular weight excluding hydrogens is 244 g/mol. The number of hydrogen-bond acceptors (Lipinski definition) is 4. The summed E-state index contributed by atoms with van der Waals surface area (Å²) < 4.78 is 0. The van der Waals surface area contributed by atoms with Gasteiger partial charge in [-0.15, -0.1) is 0 Å². The maximum absolute atomic E-state index is 11.0. The number of carboxylic acids is 1. The Bertz CT molecular complexity index is 611. The molecule has 0 spiro atoms. The van der Waals surface area contributed by atoms with Crippen molar-refractivity contribution in [1.82, 2.24) is 4.98 Å². The predicted molar refractivity (Wildman–Crippen MR) is 73.6 cm³/mol. The van der Waals surface area contributed by atoms with Crippen LogP contribution in [0, 0.1) is 6.92 Å². The molecule has 0 fully saturated rings. The van der Waals surface area contributed by atoms with Gasteiger partial charge in [0.2, 0.25) is 0 Å². The number of carboxylic acid groups (broad SMARTS) is 1. The number of rotatable bonds is 5. The lowest BCUT2D eigenvalue weighted by atomic mass is 10.1. The molecule has 0 amide bonds. The molecule has 19 heavy (non-hydrogen) atoms. The summed E-state index contributed by atoms with van der Waals surface area (Å²) in [4.78, 5) is 15.4. The lowest BCUT2D eigenvalue weighted by molar-refractivity contribution is 0.0697. The van der Waals surface area contributed by atoms with Crippen molar-refractivity contribution in [1.29, 1.82) is 0 Å². The van der Waals surface area contributed by atoms with Gasteiger partial charge in [-0.2, -0.15) is 0 Å². The molecule has 0 radical (unpaired) electrons. The van der Waals surface area contributed by atoms with E-state index in [4.69, 9.17) is 10.2 Å². The molecule has 0 saturated heterocycles. The maximum Gasteiger partial charge on any atom is 0.335 e. The third-order valence-electron chi connectivity index (χ3n) is 2.83. The van der Waals surface area contributed by atoms with Gasteiger partial charge < -0.3 is 15.5 Å². The number of benzene rings is 1. The molecule has 100 valence electrons. The van der Waals surface area contributed by atoms with Gasteiger partial charge in [-0.25, -0.2) is 4.79 Å². The molecule has 0 atom stereocenters. The first-order valence-corrected chi connectivity index (χ1v) is 6.11. The fourth-order valence-corrected chi connectivity index (χ4v) is 1.94. The van der Waals surface area contributed by atoms with Crippen LogP contribution in [0.5, 0.6) is 0 Å². The Hall–Kier alpha value is -2.14. The van der Waals surface area contributed by atoms with Crippen LogP contribution in [-0.2, 0) is 0 Å². The van der Waals surface area contributed by atoms with Crippen molar-refractivity contribution in [3.63, 3.8) is 0 Å². The van der Waals surface area contributed by atoms with Gasteiger partial charge in [0.25, 0.3) is 0 Å². The van der Waals surface area contributed by atoms with E-state index in [1.807, 2.05) is 13.0 Å². The van der Waals surface area contributed by atoms with Crippen LogP contribution in [0.2, 0.25) is 0 Å². The lowest BCUT2D eigenvalue weighted by Crippen LogP contribution is -2.05. The van der Waals surface area contributed by atoms with Crippen LogP contribution in [0.4, 0.5) is 5.69 Å². The van der Waals surface area contributed by atoms with Crippen molar-refractivity contribution in [3.8, 4) is 0 Å². The summed E-state index contributed by atoms with van der Waals surface area (Å²) in [5, 5.41) is 21.8. The van der Waals surface area contributed by atoms with E-state index < -0.39 is 5.97 Å². The van der Waals surface area contributed by atoms with Gasteiger partial charge in [-0.3, -0.25) is 4.98 Å². The predicted octanol–water partition coefficient (Wildman–Crippen LogP) is 2.04. The maximum atomic E-state index is 11.0. The smallest absolute Gasteiger partial charge is 0.335 e. The van der Waals surface area contributed by atoms with E-state index in [0.29, 0.717) is 13.0 Å². The van der Waals surface area contributed by atoms with Crippen molar-refractivity contribution in [2.45, 2.75) is 13.3 Å². The number of aryl methyl sites for hydroxylation is 1. The number of nitrogens with one attached hydrogen (secondary N) is 1. The number of pyridine rings is 1. The van der Waals surface area contributed by atoms with E-state index in [2.05, 4.69) is 10.3 Å². The van der Waals surface area contributed by atoms with Gasteiger partial charge in [-0.05, 0) is 37.6 Å². The zero-order valence-electron chi connectivity index (χ0n) is 10.7. The fourth-order valence-electron chi connectivity index (χ4n) is 1.94. The summed E-state index contributed by atoms with van der Waals surface area (Å²) in [6.07, 6.45) is 0.640. The van der Waals surface area contributed by atoms with Crippen LogP contribution in [-0.4, -0.2) is 34.3 Å². The molecule has 0 aliphatic carbocycles. The van der Waals surface area contributed by atoms with Crippen molar-refractivity contribution >= 4 is 22.6 Å². The van der Waals surface area contributed by atoms with Crippen LogP contribution in [0.1, 0.15) is 22.5 Å². The minimum absolute atomic E-state index is 0.120. The Morgan fingerprint density at radius 2 is 2.16 bits per heavy atom. The quantitative estimate of drug-likeness (QED) is 0.716. The standard InChI is InChI=1S/C14H16N2O3/c1-9-7-13(15-5-2-6-17)11-8-10(14(18)19)3-4-12(11)16-9/h3-4,7-8,17H,2,5-6H2,1H3,(H,15,16)(H,18,19). The van der Waals surface area contributed by atoms with Crippen LogP contribution in [0.3, 0.4) is 0 Å². The number of aromatic carboxylic acids is 1. The fraction of sp³-hybridized carbons (Fsp3) is 0.286. The minimum atomic E-state index is -0.955. The number of fused-ring (bicyclic) bond motifs is 1. The minimum Gasteiger partial charge on any atom is -0.478 e. The molecular formula is C14H16N2O3. The molecule has 2 aromatic rings. The van der Waals surface area contributed by atoms with Gasteiger partial charge in [0, 0.05) is 29.9 Å². The molecule has 0 aliphatic heterocycles. The Kier molecular flexibility index (Phi) is 3.97. The van der Waals surface area contributed by atoms with Gasteiger partial charge in [0.05, 0.1) is 11.1 Å². The average molecular weight is 260 g/mol. The number of aliphatic hydroxyl groups excluding tert-OH is 1. The second-order valence-corrected chi connectivity index (χ2v) is 4.35. The molecule has 0 unspecified atom stereocenters. The van der Waals surface area contributed by atoms with Crippen molar-refractivity contribution in [2.24, 2.45) is 0 Å². The van der Waals surface area contributed by atoms with E-state index in [9.17, 15) is 4.79 Å². The number of nitrogens with zero attached hydrogens (tertiary/aromatic N) is 1. The summed E-state index contributed by atoms with van der Waals surface area (Å²) in [5.41, 5.74) is 2.71. The number of hydrogen-bond donors (Lipinski definition) is 3. The number of aliphatic hydroxyl groups is 1. The molecule has 5 heteroatoms. The molecule has 1 aromatic carbocycles. The highest BCUT2D eigenvalue weighted by atomic mass is 16.4. The first-order chi connectivity index (χ1) is 9.11. The molecule has 5 nitrogen and oxygen atoms in total. The topological polar surface area (TPSA) is 82.5 Å². The van der Waals surface area contributed by atoms with Gasteiger partial charge in [0.1, 0.15) is 0 Å². The number of aromatic nitrogens is 1. The molecule has 0 saturated carbocycles. The Morgan fingerprint density at radius 3 is 2.84 bits per heavy atom.